The number of rotatable bonds is 3. The molecule has 1 unspecified atom stereocenters. The van der Waals surface area contributed by atoms with Gasteiger partial charge in [0.2, 0.25) is 0 Å². The molecule has 0 bridgehead atoms. The molecule has 0 aliphatic heterocycles. The lowest BCUT2D eigenvalue weighted by Crippen LogP contribution is -2.41. The van der Waals surface area contributed by atoms with Gasteiger partial charge in [0.1, 0.15) is 13.2 Å². The molecular weight excluding hydrogens is 285 g/mol. The van der Waals surface area contributed by atoms with E-state index in [1.165, 1.54) is 0 Å². The zero-order valence-electron chi connectivity index (χ0n) is 11.3. The molecule has 3 N–H and O–H groups in total. The maximum Gasteiger partial charge on any atom is 0.405 e. The first-order chi connectivity index (χ1) is 9.81. The number of hydrogen-bond donors (Lipinski definition) is 3. The maximum absolute atomic E-state index is 11.9. The van der Waals surface area contributed by atoms with Gasteiger partial charge in [-0.05, 0) is 24.6 Å². The number of benzene rings is 1. The third-order valence-corrected chi connectivity index (χ3v) is 2.52. The second kappa shape index (κ2) is 7.55. The summed E-state index contributed by atoms with van der Waals surface area (Å²) in [5, 5.41) is 12.7. The molecule has 7 heteroatoms. The minimum Gasteiger partial charge on any atom is -0.384 e. The molecule has 2 amide bonds. The zero-order valence-corrected chi connectivity index (χ0v) is 11.3. The third kappa shape index (κ3) is 6.68. The standard InChI is InChI=1S/C14H15F3N2O2/c1-10(19-13(21)18-9-14(15,16)17)12-6-4-11(5-7-12)3-2-8-20/h4-7,10,20H,8-9H2,1H3,(H2,18,19,21). The molecule has 1 aromatic rings. The monoisotopic (exact) mass is 300 g/mol. The molecule has 21 heavy (non-hydrogen) atoms. The normalized spacial score (nSPS) is 12.0. The first-order valence-electron chi connectivity index (χ1n) is 6.12. The van der Waals surface area contributed by atoms with E-state index in [1.54, 1.807) is 36.5 Å². The Morgan fingerprint density at radius 3 is 2.48 bits per heavy atom. The number of urea groups is 1. The maximum atomic E-state index is 11.9. The second-order valence-corrected chi connectivity index (χ2v) is 4.25. The van der Waals surface area contributed by atoms with Gasteiger partial charge in [0.25, 0.3) is 0 Å². The number of nitrogens with one attached hydrogen (secondary N) is 2. The highest BCUT2D eigenvalue weighted by Crippen LogP contribution is 2.14. The van der Waals surface area contributed by atoms with Crippen molar-refractivity contribution in [1.82, 2.24) is 10.6 Å². The van der Waals surface area contributed by atoms with Crippen LogP contribution in [0.25, 0.3) is 0 Å². The molecule has 0 fully saturated rings. The van der Waals surface area contributed by atoms with E-state index in [0.717, 1.165) is 5.56 Å². The average Bonchev–Trinajstić information content (AvgIpc) is 2.42. The van der Waals surface area contributed by atoms with Crippen LogP contribution in [0.3, 0.4) is 0 Å². The molecule has 1 aromatic carbocycles. The minimum atomic E-state index is -4.44. The lowest BCUT2D eigenvalue weighted by Gasteiger charge is -2.15. The lowest BCUT2D eigenvalue weighted by molar-refractivity contribution is -0.122. The quantitative estimate of drug-likeness (QED) is 0.747. The molecular formula is C14H15F3N2O2. The Bertz CT molecular complexity index is 530. The van der Waals surface area contributed by atoms with Crippen molar-refractivity contribution in [2.24, 2.45) is 0 Å². The van der Waals surface area contributed by atoms with Gasteiger partial charge in [-0.25, -0.2) is 4.79 Å². The third-order valence-electron chi connectivity index (χ3n) is 2.52. The van der Waals surface area contributed by atoms with E-state index in [4.69, 9.17) is 5.11 Å². The van der Waals surface area contributed by atoms with Crippen LogP contribution in [0.4, 0.5) is 18.0 Å². The summed E-state index contributed by atoms with van der Waals surface area (Å²) in [7, 11) is 0. The second-order valence-electron chi connectivity index (χ2n) is 4.25. The number of carbonyl (C=O) groups is 1. The Labute approximate surface area is 120 Å². The summed E-state index contributed by atoms with van der Waals surface area (Å²) < 4.78 is 35.8. The van der Waals surface area contributed by atoms with Gasteiger partial charge in [-0.15, -0.1) is 0 Å². The van der Waals surface area contributed by atoms with Gasteiger partial charge >= 0.3 is 12.2 Å². The molecule has 0 saturated carbocycles. The fourth-order valence-electron chi connectivity index (χ4n) is 1.51. The number of hydrogen-bond acceptors (Lipinski definition) is 2. The summed E-state index contributed by atoms with van der Waals surface area (Å²) in [5.74, 6) is 5.21. The van der Waals surface area contributed by atoms with Gasteiger partial charge < -0.3 is 15.7 Å². The van der Waals surface area contributed by atoms with Crippen LogP contribution in [0.1, 0.15) is 24.1 Å². The van der Waals surface area contributed by atoms with Crippen LogP contribution < -0.4 is 10.6 Å². The smallest absolute Gasteiger partial charge is 0.384 e. The van der Waals surface area contributed by atoms with Gasteiger partial charge in [-0.2, -0.15) is 13.2 Å². The fourth-order valence-corrected chi connectivity index (χ4v) is 1.51. The molecule has 4 nitrogen and oxygen atoms in total. The number of aliphatic hydroxyl groups is 1. The number of amides is 2. The van der Waals surface area contributed by atoms with Crippen molar-refractivity contribution in [1.29, 1.82) is 0 Å². The van der Waals surface area contributed by atoms with Gasteiger partial charge in [0.05, 0.1) is 6.04 Å². The van der Waals surface area contributed by atoms with Crippen molar-refractivity contribution in [3.05, 3.63) is 35.4 Å². The zero-order chi connectivity index (χ0) is 15.9. The molecule has 0 heterocycles. The Morgan fingerprint density at radius 2 is 1.95 bits per heavy atom. The fraction of sp³-hybridized carbons (Fsp3) is 0.357. The Balaban J connectivity index is 2.55. The van der Waals surface area contributed by atoms with Crippen LogP contribution >= 0.6 is 0 Å². The summed E-state index contributed by atoms with van der Waals surface area (Å²) in [6.07, 6.45) is -4.44. The van der Waals surface area contributed by atoms with Crippen LogP contribution in [0, 0.1) is 11.8 Å². The largest absolute Gasteiger partial charge is 0.405 e. The summed E-state index contributed by atoms with van der Waals surface area (Å²) in [4.78, 5) is 11.3. The van der Waals surface area contributed by atoms with Crippen LogP contribution in [-0.2, 0) is 0 Å². The molecule has 0 aromatic heterocycles. The van der Waals surface area contributed by atoms with Crippen molar-refractivity contribution in [2.75, 3.05) is 13.2 Å². The molecule has 1 atom stereocenters. The van der Waals surface area contributed by atoms with Crippen molar-refractivity contribution in [2.45, 2.75) is 19.1 Å². The van der Waals surface area contributed by atoms with E-state index in [0.29, 0.717) is 5.56 Å². The van der Waals surface area contributed by atoms with Gasteiger partial charge in [0.15, 0.2) is 0 Å². The first-order valence-corrected chi connectivity index (χ1v) is 6.12. The van der Waals surface area contributed by atoms with E-state index in [-0.39, 0.29) is 6.61 Å². The van der Waals surface area contributed by atoms with Crippen LogP contribution in [0.5, 0.6) is 0 Å². The summed E-state index contributed by atoms with van der Waals surface area (Å²) >= 11 is 0. The summed E-state index contributed by atoms with van der Waals surface area (Å²) in [5.41, 5.74) is 1.42. The van der Waals surface area contributed by atoms with Crippen molar-refractivity contribution >= 4 is 6.03 Å². The van der Waals surface area contributed by atoms with Crippen molar-refractivity contribution < 1.29 is 23.1 Å². The van der Waals surface area contributed by atoms with E-state index in [1.807, 2.05) is 0 Å². The van der Waals surface area contributed by atoms with Crippen LogP contribution in [-0.4, -0.2) is 30.5 Å². The predicted molar refractivity (Wildman–Crippen MR) is 71.4 cm³/mol. The molecule has 0 spiro atoms. The predicted octanol–water partition coefficient (Wildman–Crippen LogP) is 1.95. The molecule has 1 rings (SSSR count). The number of halogens is 3. The van der Waals surface area contributed by atoms with Gasteiger partial charge in [-0.1, -0.05) is 24.0 Å². The molecule has 114 valence electrons. The topological polar surface area (TPSA) is 61.4 Å². The van der Waals surface area contributed by atoms with Gasteiger partial charge in [0, 0.05) is 5.56 Å². The molecule has 0 aliphatic carbocycles. The first kappa shape index (κ1) is 16.9. The van der Waals surface area contributed by atoms with Crippen LogP contribution in [0.15, 0.2) is 24.3 Å². The minimum absolute atomic E-state index is 0.237. The number of aliphatic hydroxyl groups excluding tert-OH is 1. The van der Waals surface area contributed by atoms with Gasteiger partial charge in [-0.3, -0.25) is 0 Å². The molecule has 0 radical (unpaired) electrons. The summed E-state index contributed by atoms with van der Waals surface area (Å²) in [6, 6.07) is 5.47. The van der Waals surface area contributed by atoms with Crippen molar-refractivity contribution in [3.63, 3.8) is 0 Å². The van der Waals surface area contributed by atoms with E-state index in [2.05, 4.69) is 17.2 Å². The van der Waals surface area contributed by atoms with Crippen LogP contribution in [0.2, 0.25) is 0 Å². The highest BCUT2D eigenvalue weighted by atomic mass is 19.4. The average molecular weight is 300 g/mol. The van der Waals surface area contributed by atoms with Crippen molar-refractivity contribution in [3.8, 4) is 11.8 Å². The lowest BCUT2D eigenvalue weighted by atomic mass is 10.1. The van der Waals surface area contributed by atoms with E-state index in [9.17, 15) is 18.0 Å². The highest BCUT2D eigenvalue weighted by Gasteiger charge is 2.27. The number of alkyl halides is 3. The summed E-state index contributed by atoms with van der Waals surface area (Å²) in [6.45, 7) is 0.0436. The SMILES string of the molecule is CC(NC(=O)NCC(F)(F)F)c1ccc(C#CCO)cc1. The van der Waals surface area contributed by atoms with E-state index < -0.39 is 24.8 Å². The molecule has 0 saturated heterocycles. The number of carbonyl (C=O) groups excluding carboxylic acids is 1. The Morgan fingerprint density at radius 1 is 1.33 bits per heavy atom. The Kier molecular flexibility index (Phi) is 6.06. The Hall–Kier alpha value is -2.20. The van der Waals surface area contributed by atoms with E-state index >= 15 is 0 Å². The molecule has 0 aliphatic rings. The highest BCUT2D eigenvalue weighted by molar-refractivity contribution is 5.74.